The highest BCUT2D eigenvalue weighted by Crippen LogP contribution is 2.17. The minimum Gasteiger partial charge on any atom is -0.327 e. The van der Waals surface area contributed by atoms with Crippen LogP contribution in [0.2, 0.25) is 0 Å². The third-order valence-corrected chi connectivity index (χ3v) is 4.49. The molecular formula is C22H22F2NO+. The van der Waals surface area contributed by atoms with E-state index >= 15 is 0 Å². The highest BCUT2D eigenvalue weighted by Gasteiger charge is 2.28. The van der Waals surface area contributed by atoms with Crippen LogP contribution in [0.5, 0.6) is 0 Å². The molecule has 1 aliphatic rings. The van der Waals surface area contributed by atoms with Crippen molar-refractivity contribution in [2.45, 2.75) is 13.3 Å². The van der Waals surface area contributed by atoms with Gasteiger partial charge in [-0.2, -0.15) is 0 Å². The first-order valence-electron chi connectivity index (χ1n) is 8.85. The summed E-state index contributed by atoms with van der Waals surface area (Å²) >= 11 is 0. The monoisotopic (exact) mass is 354 g/mol. The molecule has 134 valence electrons. The molecule has 3 rings (SSSR count). The van der Waals surface area contributed by atoms with E-state index in [4.69, 9.17) is 0 Å². The third-order valence-electron chi connectivity index (χ3n) is 4.49. The van der Waals surface area contributed by atoms with Crippen molar-refractivity contribution in [3.05, 3.63) is 82.4 Å². The number of piperidine rings is 1. The SMILES string of the molecule is CCC[NH+]1C/C(=C/c2ccc(F)cc2)C(=O)/C(=C/c2ccc(F)cc2)C1. The van der Waals surface area contributed by atoms with Crippen LogP contribution in [0.4, 0.5) is 8.78 Å². The van der Waals surface area contributed by atoms with Crippen LogP contribution in [-0.4, -0.2) is 25.4 Å². The number of carbonyl (C=O) groups excluding carboxylic acids is 1. The Labute approximate surface area is 152 Å². The molecule has 0 spiro atoms. The zero-order chi connectivity index (χ0) is 18.5. The number of rotatable bonds is 4. The molecule has 1 heterocycles. The maximum absolute atomic E-state index is 13.1. The first-order chi connectivity index (χ1) is 12.5. The van der Waals surface area contributed by atoms with Gasteiger partial charge in [-0.3, -0.25) is 4.79 Å². The molecule has 0 aromatic heterocycles. The molecule has 2 aromatic rings. The molecular weight excluding hydrogens is 332 g/mol. The molecule has 0 saturated carbocycles. The molecule has 1 unspecified atom stereocenters. The van der Waals surface area contributed by atoms with Crippen molar-refractivity contribution in [2.24, 2.45) is 0 Å². The normalized spacial score (nSPS) is 20.7. The summed E-state index contributed by atoms with van der Waals surface area (Å²) in [5.41, 5.74) is 3.07. The summed E-state index contributed by atoms with van der Waals surface area (Å²) < 4.78 is 26.2. The van der Waals surface area contributed by atoms with Crippen LogP contribution < -0.4 is 4.90 Å². The van der Waals surface area contributed by atoms with E-state index in [1.807, 2.05) is 12.2 Å². The van der Waals surface area contributed by atoms with Gasteiger partial charge in [0.25, 0.3) is 0 Å². The lowest BCUT2D eigenvalue weighted by Gasteiger charge is -2.26. The van der Waals surface area contributed by atoms with Crippen LogP contribution in [0.25, 0.3) is 12.2 Å². The highest BCUT2D eigenvalue weighted by molar-refractivity contribution is 6.14. The van der Waals surface area contributed by atoms with Crippen molar-refractivity contribution >= 4 is 17.9 Å². The number of quaternary nitrogens is 1. The standard InChI is InChI=1S/C22H21F2NO/c1-2-11-25-14-18(12-16-3-7-20(23)8-4-16)22(26)19(15-25)13-17-5-9-21(24)10-6-17/h3-10,12-13H,2,11,14-15H2,1H3/p+1/b18-12-,19-13+. The molecule has 0 amide bonds. The Kier molecular flexibility index (Phi) is 5.74. The Bertz CT molecular complexity index is 768. The molecule has 0 bridgehead atoms. The number of hydrogen-bond donors (Lipinski definition) is 1. The van der Waals surface area contributed by atoms with Gasteiger partial charge < -0.3 is 4.90 Å². The second-order valence-corrected chi connectivity index (χ2v) is 6.62. The first-order valence-corrected chi connectivity index (χ1v) is 8.85. The number of hydrogen-bond acceptors (Lipinski definition) is 1. The summed E-state index contributed by atoms with van der Waals surface area (Å²) in [6, 6.07) is 12.3. The van der Waals surface area contributed by atoms with Gasteiger partial charge in [0.1, 0.15) is 24.7 Å². The topological polar surface area (TPSA) is 21.5 Å². The van der Waals surface area contributed by atoms with E-state index in [-0.39, 0.29) is 17.4 Å². The minimum absolute atomic E-state index is 0.0125. The number of carbonyl (C=O) groups is 1. The average Bonchev–Trinajstić information content (AvgIpc) is 2.63. The summed E-state index contributed by atoms with van der Waals surface area (Å²) in [5, 5.41) is 0. The molecule has 1 fully saturated rings. The van der Waals surface area contributed by atoms with Crippen molar-refractivity contribution in [1.82, 2.24) is 0 Å². The van der Waals surface area contributed by atoms with Gasteiger partial charge >= 0.3 is 0 Å². The zero-order valence-electron chi connectivity index (χ0n) is 14.8. The third kappa shape index (κ3) is 4.52. The molecule has 0 radical (unpaired) electrons. The number of halogens is 2. The van der Waals surface area contributed by atoms with E-state index in [0.29, 0.717) is 13.1 Å². The van der Waals surface area contributed by atoms with Gasteiger partial charge in [-0.25, -0.2) is 8.78 Å². The first kappa shape index (κ1) is 18.2. The fourth-order valence-electron chi connectivity index (χ4n) is 3.25. The molecule has 4 heteroatoms. The lowest BCUT2D eigenvalue weighted by molar-refractivity contribution is -0.891. The largest absolute Gasteiger partial charge is 0.327 e. The van der Waals surface area contributed by atoms with E-state index < -0.39 is 0 Å². The minimum atomic E-state index is -0.294. The van der Waals surface area contributed by atoms with Crippen molar-refractivity contribution in [3.8, 4) is 0 Å². The Morgan fingerprint density at radius 3 is 1.65 bits per heavy atom. The molecule has 1 aliphatic heterocycles. The predicted octanol–water partition coefficient (Wildman–Crippen LogP) is 3.31. The zero-order valence-corrected chi connectivity index (χ0v) is 14.8. The molecule has 1 N–H and O–H groups in total. The Hall–Kier alpha value is -2.59. The van der Waals surface area contributed by atoms with Crippen molar-refractivity contribution < 1.29 is 18.5 Å². The summed E-state index contributed by atoms with van der Waals surface area (Å²) in [4.78, 5) is 14.2. The number of benzene rings is 2. The molecule has 2 nitrogen and oxygen atoms in total. The van der Waals surface area contributed by atoms with E-state index in [9.17, 15) is 13.6 Å². The molecule has 1 atom stereocenters. The second-order valence-electron chi connectivity index (χ2n) is 6.62. The van der Waals surface area contributed by atoms with Crippen LogP contribution in [0.3, 0.4) is 0 Å². The van der Waals surface area contributed by atoms with Crippen molar-refractivity contribution in [1.29, 1.82) is 0 Å². The maximum Gasteiger partial charge on any atom is 0.196 e. The lowest BCUT2D eigenvalue weighted by atomic mass is 9.94. The van der Waals surface area contributed by atoms with Gasteiger partial charge in [0.05, 0.1) is 17.7 Å². The van der Waals surface area contributed by atoms with E-state index in [2.05, 4.69) is 6.92 Å². The van der Waals surface area contributed by atoms with Crippen LogP contribution in [0.15, 0.2) is 59.7 Å². The van der Waals surface area contributed by atoms with E-state index in [1.54, 1.807) is 24.3 Å². The molecule has 2 aromatic carbocycles. The van der Waals surface area contributed by atoms with E-state index in [0.717, 1.165) is 35.2 Å². The van der Waals surface area contributed by atoms with Gasteiger partial charge in [-0.05, 0) is 54.0 Å². The molecule has 0 aliphatic carbocycles. The van der Waals surface area contributed by atoms with Gasteiger partial charge in [-0.15, -0.1) is 0 Å². The van der Waals surface area contributed by atoms with Crippen LogP contribution >= 0.6 is 0 Å². The van der Waals surface area contributed by atoms with Crippen molar-refractivity contribution in [3.63, 3.8) is 0 Å². The number of nitrogens with one attached hydrogen (secondary N) is 1. The Balaban J connectivity index is 1.93. The number of likely N-dealkylation sites (tertiary alicyclic amines) is 1. The summed E-state index contributed by atoms with van der Waals surface area (Å²) in [6.07, 6.45) is 4.71. The van der Waals surface area contributed by atoms with Gasteiger partial charge in [0.15, 0.2) is 5.78 Å². The molecule has 1 saturated heterocycles. The second kappa shape index (κ2) is 8.19. The Morgan fingerprint density at radius 1 is 0.846 bits per heavy atom. The predicted molar refractivity (Wildman–Crippen MR) is 99.6 cm³/mol. The summed E-state index contributed by atoms with van der Waals surface area (Å²) in [5.74, 6) is -0.576. The number of Topliss-reactive ketones (excluding diaryl/α,β-unsaturated/α-hetero) is 1. The van der Waals surface area contributed by atoms with Crippen molar-refractivity contribution in [2.75, 3.05) is 19.6 Å². The van der Waals surface area contributed by atoms with E-state index in [1.165, 1.54) is 29.2 Å². The van der Waals surface area contributed by atoms with Gasteiger partial charge in [-0.1, -0.05) is 31.2 Å². The quantitative estimate of drug-likeness (QED) is 0.836. The van der Waals surface area contributed by atoms with Crippen LogP contribution in [0, 0.1) is 11.6 Å². The highest BCUT2D eigenvalue weighted by atomic mass is 19.1. The van der Waals surface area contributed by atoms with Crippen LogP contribution in [0.1, 0.15) is 24.5 Å². The fourth-order valence-corrected chi connectivity index (χ4v) is 3.25. The summed E-state index contributed by atoms with van der Waals surface area (Å²) in [6.45, 7) is 4.40. The Morgan fingerprint density at radius 2 is 1.27 bits per heavy atom. The smallest absolute Gasteiger partial charge is 0.196 e. The van der Waals surface area contributed by atoms with Crippen LogP contribution in [-0.2, 0) is 4.79 Å². The summed E-state index contributed by atoms with van der Waals surface area (Å²) in [7, 11) is 0. The number of ketones is 1. The fraction of sp³-hybridized carbons (Fsp3) is 0.227. The van der Waals surface area contributed by atoms with Gasteiger partial charge in [0, 0.05) is 0 Å². The lowest BCUT2D eigenvalue weighted by Crippen LogP contribution is -3.13. The van der Waals surface area contributed by atoms with Gasteiger partial charge in [0.2, 0.25) is 0 Å². The maximum atomic E-state index is 13.1. The average molecular weight is 354 g/mol. The molecule has 26 heavy (non-hydrogen) atoms.